The van der Waals surface area contributed by atoms with Gasteiger partial charge in [0.05, 0.1) is 11.6 Å². The molecule has 0 saturated heterocycles. The predicted molar refractivity (Wildman–Crippen MR) is 85.0 cm³/mol. The van der Waals surface area contributed by atoms with Gasteiger partial charge in [0.25, 0.3) is 0 Å². The molecule has 0 spiro atoms. The van der Waals surface area contributed by atoms with E-state index in [0.29, 0.717) is 5.56 Å². The van der Waals surface area contributed by atoms with Gasteiger partial charge >= 0.3 is 0 Å². The van der Waals surface area contributed by atoms with Crippen molar-refractivity contribution in [2.45, 2.75) is 19.9 Å². The minimum atomic E-state index is -0.326. The summed E-state index contributed by atoms with van der Waals surface area (Å²) in [5, 5.41) is 8.43. The third kappa shape index (κ3) is 2.91. The molecule has 4 nitrogen and oxygen atoms in total. The molecule has 0 atom stereocenters. The molecular weight excluding hydrogens is 303 g/mol. The van der Waals surface area contributed by atoms with Gasteiger partial charge in [0.15, 0.2) is 0 Å². The Balaban J connectivity index is 1.72. The van der Waals surface area contributed by atoms with Gasteiger partial charge in [-0.3, -0.25) is 4.90 Å². The maximum Gasteiger partial charge on any atom is 0.149 e. The molecule has 2 aromatic rings. The van der Waals surface area contributed by atoms with E-state index in [1.165, 1.54) is 0 Å². The van der Waals surface area contributed by atoms with Crippen molar-refractivity contribution < 1.29 is 4.39 Å². The average molecular weight is 321 g/mol. The van der Waals surface area contributed by atoms with Crippen molar-refractivity contribution in [2.24, 2.45) is 7.05 Å². The van der Waals surface area contributed by atoms with E-state index < -0.39 is 0 Å². The first-order valence-electron chi connectivity index (χ1n) is 7.27. The molecule has 6 heteroatoms. The average Bonchev–Trinajstić information content (AvgIpc) is 2.83. The van der Waals surface area contributed by atoms with Crippen LogP contribution in [-0.2, 0) is 13.6 Å². The number of hydrogen-bond donors (Lipinski definition) is 0. The van der Waals surface area contributed by atoms with Gasteiger partial charge in [0.2, 0.25) is 0 Å². The number of rotatable bonds is 3. The molecule has 0 aliphatic carbocycles. The lowest BCUT2D eigenvalue weighted by Gasteiger charge is -2.26. The van der Waals surface area contributed by atoms with Crippen LogP contribution in [0.4, 0.5) is 4.39 Å². The van der Waals surface area contributed by atoms with Crippen molar-refractivity contribution in [1.29, 1.82) is 0 Å². The minimum absolute atomic E-state index is 0.176. The van der Waals surface area contributed by atoms with Gasteiger partial charge < -0.3 is 4.57 Å². The molecule has 2 heterocycles. The normalized spacial score (nSPS) is 15.9. The fraction of sp³-hybridized carbons (Fsp3) is 0.375. The Bertz CT molecular complexity index is 723. The first-order chi connectivity index (χ1) is 10.6. The first kappa shape index (κ1) is 15.2. The third-order valence-corrected chi connectivity index (χ3v) is 4.43. The van der Waals surface area contributed by atoms with Crippen molar-refractivity contribution in [1.82, 2.24) is 19.7 Å². The Kier molecular flexibility index (Phi) is 4.27. The Morgan fingerprint density at radius 3 is 2.77 bits per heavy atom. The van der Waals surface area contributed by atoms with E-state index in [2.05, 4.69) is 21.2 Å². The van der Waals surface area contributed by atoms with Crippen molar-refractivity contribution in [3.05, 3.63) is 52.3 Å². The van der Waals surface area contributed by atoms with Crippen LogP contribution in [-0.4, -0.2) is 32.8 Å². The number of benzene rings is 1. The second-order valence-corrected chi connectivity index (χ2v) is 5.95. The third-order valence-electron chi connectivity index (χ3n) is 4.14. The maximum absolute atomic E-state index is 14.1. The molecule has 0 unspecified atom stereocenters. The van der Waals surface area contributed by atoms with E-state index in [4.69, 9.17) is 11.6 Å². The zero-order valence-electron chi connectivity index (χ0n) is 12.7. The summed E-state index contributed by atoms with van der Waals surface area (Å²) >= 11 is 5.86. The Morgan fingerprint density at radius 2 is 2.14 bits per heavy atom. The van der Waals surface area contributed by atoms with Crippen molar-refractivity contribution in [3.63, 3.8) is 0 Å². The van der Waals surface area contributed by atoms with E-state index >= 15 is 0 Å². The summed E-state index contributed by atoms with van der Waals surface area (Å²) in [5.74, 6) is 1.53. The van der Waals surface area contributed by atoms with Gasteiger partial charge in [0, 0.05) is 25.7 Å². The predicted octanol–water partition coefficient (Wildman–Crippen LogP) is 3.21. The highest BCUT2D eigenvalue weighted by Gasteiger charge is 2.18. The van der Waals surface area contributed by atoms with Crippen LogP contribution in [0.2, 0.25) is 5.02 Å². The molecule has 1 aromatic heterocycles. The quantitative estimate of drug-likeness (QED) is 0.871. The van der Waals surface area contributed by atoms with Gasteiger partial charge in [-0.05, 0) is 25.0 Å². The van der Waals surface area contributed by atoms with E-state index in [-0.39, 0.29) is 10.8 Å². The van der Waals surface area contributed by atoms with Crippen molar-refractivity contribution >= 4 is 17.2 Å². The summed E-state index contributed by atoms with van der Waals surface area (Å²) in [6.07, 6.45) is 2.87. The van der Waals surface area contributed by atoms with Crippen molar-refractivity contribution in [2.75, 3.05) is 13.1 Å². The highest BCUT2D eigenvalue weighted by Crippen LogP contribution is 2.28. The van der Waals surface area contributed by atoms with E-state index in [1.807, 2.05) is 18.5 Å². The molecule has 22 heavy (non-hydrogen) atoms. The summed E-state index contributed by atoms with van der Waals surface area (Å²) in [6.45, 7) is 4.32. The largest absolute Gasteiger partial charge is 0.317 e. The van der Waals surface area contributed by atoms with Crippen LogP contribution < -0.4 is 0 Å². The second kappa shape index (κ2) is 6.18. The molecule has 0 bridgehead atoms. The lowest BCUT2D eigenvalue weighted by Crippen LogP contribution is -2.29. The lowest BCUT2D eigenvalue weighted by atomic mass is 9.99. The fourth-order valence-corrected chi connectivity index (χ4v) is 2.81. The standard InChI is InChI=1S/C16H18ClFN4/c1-11-19-20-15(21(11)2)10-22-8-6-12(7-9-22)13-4-3-5-14(17)16(13)18/h3-6H,7-10H2,1-2H3. The second-order valence-electron chi connectivity index (χ2n) is 5.54. The molecular formula is C16H18ClFN4. The molecule has 3 rings (SSSR count). The van der Waals surface area contributed by atoms with Crippen LogP contribution >= 0.6 is 11.6 Å². The molecule has 0 N–H and O–H groups in total. The van der Waals surface area contributed by atoms with Gasteiger partial charge in [-0.2, -0.15) is 0 Å². The molecule has 0 radical (unpaired) electrons. The molecule has 0 fully saturated rings. The lowest BCUT2D eigenvalue weighted by molar-refractivity contribution is 0.282. The zero-order valence-corrected chi connectivity index (χ0v) is 13.4. The summed E-state index contributed by atoms with van der Waals surface area (Å²) in [5.41, 5.74) is 1.63. The monoisotopic (exact) mass is 320 g/mol. The summed E-state index contributed by atoms with van der Waals surface area (Å²) in [4.78, 5) is 2.27. The molecule has 1 aliphatic heterocycles. The Hall–Kier alpha value is -1.72. The maximum atomic E-state index is 14.1. The van der Waals surface area contributed by atoms with Gasteiger partial charge in [-0.25, -0.2) is 4.39 Å². The van der Waals surface area contributed by atoms with E-state index in [1.54, 1.807) is 18.2 Å². The summed E-state index contributed by atoms with van der Waals surface area (Å²) in [7, 11) is 1.97. The summed E-state index contributed by atoms with van der Waals surface area (Å²) < 4.78 is 16.1. The molecule has 1 aromatic carbocycles. The van der Waals surface area contributed by atoms with Crippen LogP contribution in [0, 0.1) is 12.7 Å². The van der Waals surface area contributed by atoms with Crippen LogP contribution in [0.5, 0.6) is 0 Å². The number of nitrogens with zero attached hydrogens (tertiary/aromatic N) is 4. The number of hydrogen-bond acceptors (Lipinski definition) is 3. The van der Waals surface area contributed by atoms with Crippen LogP contribution in [0.3, 0.4) is 0 Å². The number of aryl methyl sites for hydroxylation is 1. The van der Waals surface area contributed by atoms with Crippen LogP contribution in [0.25, 0.3) is 5.57 Å². The van der Waals surface area contributed by atoms with E-state index in [0.717, 1.165) is 43.3 Å². The molecule has 116 valence electrons. The SMILES string of the molecule is Cc1nnc(CN2CC=C(c3cccc(Cl)c3F)CC2)n1C. The van der Waals surface area contributed by atoms with Gasteiger partial charge in [-0.1, -0.05) is 29.8 Å². The number of aromatic nitrogens is 3. The Labute approximate surface area is 134 Å². The van der Waals surface area contributed by atoms with Crippen molar-refractivity contribution in [3.8, 4) is 0 Å². The topological polar surface area (TPSA) is 34.0 Å². The van der Waals surface area contributed by atoms with Crippen LogP contribution in [0.15, 0.2) is 24.3 Å². The highest BCUT2D eigenvalue weighted by atomic mass is 35.5. The fourth-order valence-electron chi connectivity index (χ4n) is 2.64. The van der Waals surface area contributed by atoms with E-state index in [9.17, 15) is 4.39 Å². The molecule has 0 amide bonds. The highest BCUT2D eigenvalue weighted by molar-refractivity contribution is 6.30. The minimum Gasteiger partial charge on any atom is -0.317 e. The first-order valence-corrected chi connectivity index (χ1v) is 7.64. The Morgan fingerprint density at radius 1 is 1.32 bits per heavy atom. The van der Waals surface area contributed by atoms with Gasteiger partial charge in [0.1, 0.15) is 17.5 Å². The number of halogens is 2. The molecule has 0 saturated carbocycles. The smallest absolute Gasteiger partial charge is 0.149 e. The van der Waals surface area contributed by atoms with Gasteiger partial charge in [-0.15, -0.1) is 10.2 Å². The zero-order chi connectivity index (χ0) is 15.7. The van der Waals surface area contributed by atoms with Crippen LogP contribution in [0.1, 0.15) is 23.6 Å². The summed E-state index contributed by atoms with van der Waals surface area (Å²) in [6, 6.07) is 5.15. The molecule has 1 aliphatic rings.